The average molecular weight is 222 g/mol. The monoisotopic (exact) mass is 222 g/mol. The van der Waals surface area contributed by atoms with Crippen LogP contribution in [0, 0.1) is 5.92 Å². The fourth-order valence-corrected chi connectivity index (χ4v) is 2.18. The van der Waals surface area contributed by atoms with E-state index in [2.05, 4.69) is 15.3 Å². The molecule has 0 spiro atoms. The van der Waals surface area contributed by atoms with Gasteiger partial charge < -0.3 is 16.0 Å². The van der Waals surface area contributed by atoms with Crippen molar-refractivity contribution in [3.63, 3.8) is 0 Å². The number of nitrogens with zero attached hydrogens (tertiary/aromatic N) is 1. The maximum absolute atomic E-state index is 11.9. The summed E-state index contributed by atoms with van der Waals surface area (Å²) in [6.07, 6.45) is 7.53. The Kier molecular flexibility index (Phi) is 3.56. The molecule has 1 amide bonds. The second-order valence-corrected chi connectivity index (χ2v) is 4.31. The Bertz CT molecular complexity index is 336. The number of amides is 1. The first-order chi connectivity index (χ1) is 7.77. The fourth-order valence-electron chi connectivity index (χ4n) is 2.18. The lowest BCUT2D eigenvalue weighted by atomic mass is 9.84. The predicted molar refractivity (Wildman–Crippen MR) is 60.4 cm³/mol. The van der Waals surface area contributed by atoms with Crippen molar-refractivity contribution in [2.24, 2.45) is 11.7 Å². The number of nitrogens with one attached hydrogen (secondary N) is 2. The minimum absolute atomic E-state index is 0.0188. The molecule has 2 rings (SSSR count). The van der Waals surface area contributed by atoms with Crippen LogP contribution in [-0.2, 0) is 11.3 Å². The van der Waals surface area contributed by atoms with Gasteiger partial charge in [-0.05, 0) is 12.8 Å². The zero-order chi connectivity index (χ0) is 11.4. The molecule has 2 unspecified atom stereocenters. The summed E-state index contributed by atoms with van der Waals surface area (Å²) in [5.74, 6) is 0.810. The van der Waals surface area contributed by atoms with E-state index >= 15 is 0 Å². The molecule has 88 valence electrons. The standard InChI is InChI=1S/C11H18N4O/c12-9-4-2-1-3-8(9)11(16)15-7-10-13-5-6-14-10/h5-6,8-9H,1-4,7,12H2,(H,13,14)(H,15,16). The topological polar surface area (TPSA) is 83.8 Å². The first kappa shape index (κ1) is 11.1. The van der Waals surface area contributed by atoms with Crippen molar-refractivity contribution in [1.29, 1.82) is 0 Å². The molecule has 1 aromatic rings. The molecule has 1 aliphatic carbocycles. The molecule has 1 fully saturated rings. The van der Waals surface area contributed by atoms with E-state index in [-0.39, 0.29) is 17.9 Å². The number of aromatic amines is 1. The van der Waals surface area contributed by atoms with Crippen LogP contribution in [0.3, 0.4) is 0 Å². The van der Waals surface area contributed by atoms with Crippen LogP contribution < -0.4 is 11.1 Å². The van der Waals surface area contributed by atoms with Gasteiger partial charge in [0.05, 0.1) is 12.5 Å². The molecule has 2 atom stereocenters. The molecule has 4 N–H and O–H groups in total. The van der Waals surface area contributed by atoms with Gasteiger partial charge in [-0.15, -0.1) is 0 Å². The van der Waals surface area contributed by atoms with Gasteiger partial charge in [0, 0.05) is 18.4 Å². The summed E-state index contributed by atoms with van der Waals surface area (Å²) in [5, 5.41) is 2.87. The number of hydrogen-bond acceptors (Lipinski definition) is 3. The van der Waals surface area contributed by atoms with Crippen molar-refractivity contribution in [1.82, 2.24) is 15.3 Å². The summed E-state index contributed by atoms with van der Waals surface area (Å²) in [6, 6.07) is 0.0188. The van der Waals surface area contributed by atoms with Gasteiger partial charge in [-0.1, -0.05) is 12.8 Å². The van der Waals surface area contributed by atoms with Crippen molar-refractivity contribution in [2.75, 3.05) is 0 Å². The van der Waals surface area contributed by atoms with E-state index in [0.29, 0.717) is 6.54 Å². The number of H-pyrrole nitrogens is 1. The molecule has 0 aliphatic heterocycles. The van der Waals surface area contributed by atoms with Crippen LogP contribution in [0.25, 0.3) is 0 Å². The molecule has 1 heterocycles. The van der Waals surface area contributed by atoms with Gasteiger partial charge in [0.25, 0.3) is 0 Å². The zero-order valence-corrected chi connectivity index (χ0v) is 9.28. The van der Waals surface area contributed by atoms with Gasteiger partial charge >= 0.3 is 0 Å². The number of imidazole rings is 1. The summed E-state index contributed by atoms with van der Waals surface area (Å²) in [6.45, 7) is 0.453. The van der Waals surface area contributed by atoms with Gasteiger partial charge in [-0.3, -0.25) is 4.79 Å². The van der Waals surface area contributed by atoms with E-state index in [4.69, 9.17) is 5.73 Å². The molecular formula is C11H18N4O. The highest BCUT2D eigenvalue weighted by Gasteiger charge is 2.27. The SMILES string of the molecule is NC1CCCCC1C(=O)NCc1ncc[nH]1. The first-order valence-electron chi connectivity index (χ1n) is 5.79. The smallest absolute Gasteiger partial charge is 0.225 e. The van der Waals surface area contributed by atoms with Crippen molar-refractivity contribution >= 4 is 5.91 Å². The van der Waals surface area contributed by atoms with Crippen LogP contribution >= 0.6 is 0 Å². The molecule has 1 aliphatic rings. The molecule has 1 aromatic heterocycles. The molecular weight excluding hydrogens is 204 g/mol. The summed E-state index contributed by atoms with van der Waals surface area (Å²) in [4.78, 5) is 18.9. The highest BCUT2D eigenvalue weighted by atomic mass is 16.1. The molecule has 0 aromatic carbocycles. The number of aromatic nitrogens is 2. The van der Waals surface area contributed by atoms with E-state index in [0.717, 1.165) is 31.5 Å². The number of carbonyl (C=O) groups excluding carboxylic acids is 1. The molecule has 5 nitrogen and oxygen atoms in total. The summed E-state index contributed by atoms with van der Waals surface area (Å²) >= 11 is 0. The van der Waals surface area contributed by atoms with Gasteiger partial charge in [0.15, 0.2) is 0 Å². The third-order valence-corrected chi connectivity index (χ3v) is 3.14. The van der Waals surface area contributed by atoms with E-state index in [1.165, 1.54) is 0 Å². The van der Waals surface area contributed by atoms with Gasteiger partial charge in [-0.2, -0.15) is 0 Å². The Morgan fingerprint density at radius 1 is 1.56 bits per heavy atom. The van der Waals surface area contributed by atoms with E-state index in [1.807, 2.05) is 0 Å². The van der Waals surface area contributed by atoms with E-state index in [1.54, 1.807) is 12.4 Å². The third-order valence-electron chi connectivity index (χ3n) is 3.14. The molecule has 1 saturated carbocycles. The Labute approximate surface area is 94.8 Å². The summed E-state index contributed by atoms with van der Waals surface area (Å²) < 4.78 is 0. The first-order valence-corrected chi connectivity index (χ1v) is 5.79. The van der Waals surface area contributed by atoms with Gasteiger partial charge in [0.1, 0.15) is 5.82 Å². The summed E-state index contributed by atoms with van der Waals surface area (Å²) in [7, 11) is 0. The van der Waals surface area contributed by atoms with Gasteiger partial charge in [-0.25, -0.2) is 4.98 Å². The van der Waals surface area contributed by atoms with Crippen LogP contribution in [0.2, 0.25) is 0 Å². The normalized spacial score (nSPS) is 25.3. The predicted octanol–water partition coefficient (Wildman–Crippen LogP) is 0.543. The second-order valence-electron chi connectivity index (χ2n) is 4.31. The maximum Gasteiger partial charge on any atom is 0.225 e. The lowest BCUT2D eigenvalue weighted by Gasteiger charge is -2.27. The van der Waals surface area contributed by atoms with Crippen LogP contribution in [0.1, 0.15) is 31.5 Å². The minimum atomic E-state index is -0.0243. The Morgan fingerprint density at radius 3 is 3.06 bits per heavy atom. The van der Waals surface area contributed by atoms with Crippen LogP contribution in [-0.4, -0.2) is 21.9 Å². The minimum Gasteiger partial charge on any atom is -0.349 e. The largest absolute Gasteiger partial charge is 0.349 e. The maximum atomic E-state index is 11.9. The van der Waals surface area contributed by atoms with Crippen LogP contribution in [0.5, 0.6) is 0 Å². The third kappa shape index (κ3) is 2.61. The van der Waals surface area contributed by atoms with E-state index < -0.39 is 0 Å². The fraction of sp³-hybridized carbons (Fsp3) is 0.636. The number of rotatable bonds is 3. The molecule has 0 radical (unpaired) electrons. The molecule has 0 saturated heterocycles. The van der Waals surface area contributed by atoms with Crippen LogP contribution in [0.4, 0.5) is 0 Å². The van der Waals surface area contributed by atoms with Crippen molar-refractivity contribution in [3.8, 4) is 0 Å². The van der Waals surface area contributed by atoms with Crippen molar-refractivity contribution < 1.29 is 4.79 Å². The summed E-state index contributed by atoms with van der Waals surface area (Å²) in [5.41, 5.74) is 5.94. The lowest BCUT2D eigenvalue weighted by molar-refractivity contribution is -0.126. The van der Waals surface area contributed by atoms with Gasteiger partial charge in [0.2, 0.25) is 5.91 Å². The number of carbonyl (C=O) groups is 1. The second kappa shape index (κ2) is 5.12. The molecule has 5 heteroatoms. The molecule has 0 bridgehead atoms. The van der Waals surface area contributed by atoms with Crippen molar-refractivity contribution in [2.45, 2.75) is 38.3 Å². The number of nitrogens with two attached hydrogens (primary N) is 1. The van der Waals surface area contributed by atoms with Crippen LogP contribution in [0.15, 0.2) is 12.4 Å². The average Bonchev–Trinajstić information content (AvgIpc) is 2.79. The highest BCUT2D eigenvalue weighted by molar-refractivity contribution is 5.79. The highest BCUT2D eigenvalue weighted by Crippen LogP contribution is 2.22. The van der Waals surface area contributed by atoms with Crippen molar-refractivity contribution in [3.05, 3.63) is 18.2 Å². The molecule has 16 heavy (non-hydrogen) atoms. The Hall–Kier alpha value is -1.36. The Balaban J connectivity index is 1.83. The Morgan fingerprint density at radius 2 is 2.38 bits per heavy atom. The zero-order valence-electron chi connectivity index (χ0n) is 9.28. The van der Waals surface area contributed by atoms with E-state index in [9.17, 15) is 4.79 Å². The lowest BCUT2D eigenvalue weighted by Crippen LogP contribution is -2.43. The quantitative estimate of drug-likeness (QED) is 0.698. The number of hydrogen-bond donors (Lipinski definition) is 3.